The number of carbonyl (C=O) groups excluding carboxylic acids is 4. The first-order chi connectivity index (χ1) is 11.1. The minimum Gasteiger partial charge on any atom is -0.456 e. The molecule has 5 atom stereocenters. The molecule has 0 aromatic carbocycles. The van der Waals surface area contributed by atoms with E-state index in [4.69, 9.17) is 35.3 Å². The molecule has 0 N–H and O–H groups in total. The molecule has 136 valence electrons. The second kappa shape index (κ2) is 8.84. The molecule has 0 aromatic heterocycles. The monoisotopic (exact) mass is 366 g/mol. The quantitative estimate of drug-likeness (QED) is 0.385. The summed E-state index contributed by atoms with van der Waals surface area (Å²) in [7, 11) is 0. The van der Waals surface area contributed by atoms with Crippen molar-refractivity contribution in [2.75, 3.05) is 5.88 Å². The van der Waals surface area contributed by atoms with Crippen LogP contribution < -0.4 is 0 Å². The van der Waals surface area contributed by atoms with Crippen molar-refractivity contribution in [2.24, 2.45) is 0 Å². The van der Waals surface area contributed by atoms with Crippen molar-refractivity contribution in [3.8, 4) is 0 Å². The van der Waals surface area contributed by atoms with Gasteiger partial charge in [-0.1, -0.05) is 0 Å². The lowest BCUT2D eigenvalue weighted by atomic mass is 9.98. The number of alkyl halides is 1. The molecule has 10 heteroatoms. The molecule has 0 bridgehead atoms. The van der Waals surface area contributed by atoms with E-state index in [0.717, 1.165) is 27.7 Å². The molecule has 1 rings (SSSR count). The maximum Gasteiger partial charge on any atom is 0.305 e. The van der Waals surface area contributed by atoms with Gasteiger partial charge in [-0.15, -0.1) is 11.6 Å². The zero-order valence-corrected chi connectivity index (χ0v) is 14.4. The van der Waals surface area contributed by atoms with E-state index in [1.807, 2.05) is 0 Å². The Bertz CT molecular complexity index is 506. The van der Waals surface area contributed by atoms with Crippen LogP contribution in [0.1, 0.15) is 27.7 Å². The fraction of sp³-hybridized carbons (Fsp3) is 0.714. The van der Waals surface area contributed by atoms with E-state index >= 15 is 0 Å². The second-order valence-electron chi connectivity index (χ2n) is 5.03. The van der Waals surface area contributed by atoms with Gasteiger partial charge >= 0.3 is 23.9 Å². The van der Waals surface area contributed by atoms with Crippen LogP contribution in [-0.4, -0.2) is 60.5 Å². The molecule has 0 aliphatic carbocycles. The Morgan fingerprint density at radius 3 is 1.58 bits per heavy atom. The highest BCUT2D eigenvalue weighted by molar-refractivity contribution is 6.18. The third kappa shape index (κ3) is 5.64. The zero-order chi connectivity index (χ0) is 18.4. The van der Waals surface area contributed by atoms with Crippen LogP contribution in [-0.2, 0) is 42.9 Å². The maximum atomic E-state index is 11.4. The van der Waals surface area contributed by atoms with Gasteiger partial charge in [0.2, 0.25) is 12.4 Å². The van der Waals surface area contributed by atoms with Crippen LogP contribution in [0.5, 0.6) is 0 Å². The van der Waals surface area contributed by atoms with Crippen molar-refractivity contribution in [1.29, 1.82) is 0 Å². The minimum absolute atomic E-state index is 0.153. The lowest BCUT2D eigenvalue weighted by molar-refractivity contribution is -0.292. The number of halogens is 1. The SMILES string of the molecule is CC(=O)OC1O[C@@H](CCl)[C@@H](OC(C)=O)[C@@H](OC(C)=O)[C@@H]1OC(C)=O. The molecule has 9 nitrogen and oxygen atoms in total. The summed E-state index contributed by atoms with van der Waals surface area (Å²) in [6, 6.07) is 0. The fourth-order valence-electron chi connectivity index (χ4n) is 2.24. The predicted octanol–water partition coefficient (Wildman–Crippen LogP) is 0.308. The van der Waals surface area contributed by atoms with Gasteiger partial charge in [-0.2, -0.15) is 0 Å². The highest BCUT2D eigenvalue weighted by Gasteiger charge is 2.52. The molecule has 1 heterocycles. The Hall–Kier alpha value is -1.87. The van der Waals surface area contributed by atoms with E-state index in [1.54, 1.807) is 0 Å². The molecule has 0 spiro atoms. The number of ether oxygens (including phenoxy) is 5. The summed E-state index contributed by atoms with van der Waals surface area (Å²) in [5.41, 5.74) is 0. The van der Waals surface area contributed by atoms with Gasteiger partial charge in [0.15, 0.2) is 12.2 Å². The molecular formula is C14H19ClO9. The van der Waals surface area contributed by atoms with E-state index in [0.29, 0.717) is 0 Å². The highest BCUT2D eigenvalue weighted by Crippen LogP contribution is 2.30. The van der Waals surface area contributed by atoms with Crippen molar-refractivity contribution in [3.63, 3.8) is 0 Å². The average molecular weight is 367 g/mol. The smallest absolute Gasteiger partial charge is 0.305 e. The summed E-state index contributed by atoms with van der Waals surface area (Å²) in [5.74, 6) is -2.99. The first kappa shape index (κ1) is 20.2. The van der Waals surface area contributed by atoms with Crippen LogP contribution in [0.4, 0.5) is 0 Å². The number of rotatable bonds is 5. The lowest BCUT2D eigenvalue weighted by Gasteiger charge is -2.43. The Morgan fingerprint density at radius 1 is 0.750 bits per heavy atom. The van der Waals surface area contributed by atoms with Gasteiger partial charge < -0.3 is 23.7 Å². The fourth-order valence-corrected chi connectivity index (χ4v) is 2.49. The number of hydrogen-bond acceptors (Lipinski definition) is 9. The zero-order valence-electron chi connectivity index (χ0n) is 13.6. The molecule has 24 heavy (non-hydrogen) atoms. The van der Waals surface area contributed by atoms with Gasteiger partial charge in [-0.05, 0) is 0 Å². The maximum absolute atomic E-state index is 11.4. The first-order valence-electron chi connectivity index (χ1n) is 7.06. The molecule has 0 aromatic rings. The van der Waals surface area contributed by atoms with Crippen molar-refractivity contribution >= 4 is 35.5 Å². The number of hydrogen-bond donors (Lipinski definition) is 0. The Balaban J connectivity index is 3.23. The summed E-state index contributed by atoms with van der Waals surface area (Å²) in [6.07, 6.45) is -6.03. The van der Waals surface area contributed by atoms with Crippen molar-refractivity contribution in [2.45, 2.75) is 58.4 Å². The van der Waals surface area contributed by atoms with Crippen LogP contribution in [0.3, 0.4) is 0 Å². The molecule has 1 aliphatic heterocycles. The van der Waals surface area contributed by atoms with E-state index in [9.17, 15) is 19.2 Å². The van der Waals surface area contributed by atoms with E-state index in [2.05, 4.69) is 0 Å². The topological polar surface area (TPSA) is 114 Å². The largest absolute Gasteiger partial charge is 0.456 e. The van der Waals surface area contributed by atoms with E-state index in [-0.39, 0.29) is 5.88 Å². The second-order valence-corrected chi connectivity index (χ2v) is 5.34. The van der Waals surface area contributed by atoms with Crippen LogP contribution in [0.15, 0.2) is 0 Å². The van der Waals surface area contributed by atoms with Gasteiger partial charge in [0.25, 0.3) is 0 Å². The van der Waals surface area contributed by atoms with Crippen LogP contribution >= 0.6 is 11.6 Å². The van der Waals surface area contributed by atoms with Gasteiger partial charge in [0, 0.05) is 27.7 Å². The standard InChI is InChI=1S/C14H19ClO9/c1-6(16)20-11-10(5-15)24-14(23-9(4)19)13(22-8(3)18)12(11)21-7(2)17/h10-14H,5H2,1-4H3/t10-,11+,12+,13-,14?/m0/s1. The van der Waals surface area contributed by atoms with Crippen molar-refractivity contribution < 1.29 is 42.9 Å². The first-order valence-corrected chi connectivity index (χ1v) is 7.59. The normalized spacial score (nSPS) is 29.3. The van der Waals surface area contributed by atoms with Gasteiger partial charge in [-0.25, -0.2) is 0 Å². The third-order valence-electron chi connectivity index (χ3n) is 2.93. The third-order valence-corrected chi connectivity index (χ3v) is 3.24. The Labute approximate surface area is 143 Å². The van der Waals surface area contributed by atoms with Gasteiger partial charge in [0.05, 0.1) is 5.88 Å². The van der Waals surface area contributed by atoms with Gasteiger partial charge in [-0.3, -0.25) is 19.2 Å². The highest BCUT2D eigenvalue weighted by atomic mass is 35.5. The summed E-state index contributed by atoms with van der Waals surface area (Å²) >= 11 is 5.81. The summed E-state index contributed by atoms with van der Waals surface area (Å²) < 4.78 is 25.8. The molecule has 0 amide bonds. The van der Waals surface area contributed by atoms with Crippen LogP contribution in [0, 0.1) is 0 Å². The summed E-state index contributed by atoms with van der Waals surface area (Å²) in [6.45, 7) is 4.52. The number of esters is 4. The molecule has 1 saturated heterocycles. The minimum atomic E-state index is -1.37. The van der Waals surface area contributed by atoms with Crippen LogP contribution in [0.2, 0.25) is 0 Å². The molecule has 0 saturated carbocycles. The average Bonchev–Trinajstić information content (AvgIpc) is 2.42. The summed E-state index contributed by atoms with van der Waals surface area (Å²) in [4.78, 5) is 45.4. The molecule has 1 fully saturated rings. The van der Waals surface area contributed by atoms with E-state index < -0.39 is 54.6 Å². The van der Waals surface area contributed by atoms with Crippen LogP contribution in [0.25, 0.3) is 0 Å². The lowest BCUT2D eigenvalue weighted by Crippen LogP contribution is -2.62. The predicted molar refractivity (Wildman–Crippen MR) is 77.8 cm³/mol. The van der Waals surface area contributed by atoms with Gasteiger partial charge in [0.1, 0.15) is 6.10 Å². The summed E-state index contributed by atoms with van der Waals surface area (Å²) in [5, 5.41) is 0. The van der Waals surface area contributed by atoms with E-state index in [1.165, 1.54) is 0 Å². The number of carbonyl (C=O) groups is 4. The molecule has 1 unspecified atom stereocenters. The molecule has 0 radical (unpaired) electrons. The van der Waals surface area contributed by atoms with Crippen molar-refractivity contribution in [3.05, 3.63) is 0 Å². The Kier molecular flexibility index (Phi) is 7.43. The Morgan fingerprint density at radius 2 is 1.17 bits per heavy atom. The molecular weight excluding hydrogens is 348 g/mol. The molecule has 1 aliphatic rings. The van der Waals surface area contributed by atoms with Crippen molar-refractivity contribution in [1.82, 2.24) is 0 Å².